The van der Waals surface area contributed by atoms with Gasteiger partial charge in [-0.3, -0.25) is 0 Å². The maximum atomic E-state index is 3.25. The van der Waals surface area contributed by atoms with E-state index >= 15 is 0 Å². The average Bonchev–Trinajstić information content (AvgIpc) is 1.88. The van der Waals surface area contributed by atoms with E-state index in [0.717, 1.165) is 0 Å². The maximum Gasteiger partial charge on any atom is 2.00 e. The summed E-state index contributed by atoms with van der Waals surface area (Å²) in [5, 5.41) is 0. The molecule has 0 heterocycles. The Morgan fingerprint density at radius 2 is 1.10 bits per heavy atom. The van der Waals surface area contributed by atoms with Crippen LogP contribution in [0.25, 0.3) is 0 Å². The second-order valence-corrected chi connectivity index (χ2v) is 1.71. The van der Waals surface area contributed by atoms with Gasteiger partial charge in [-0.15, -0.1) is 0 Å². The number of halogens is 1. The van der Waals surface area contributed by atoms with Crippen molar-refractivity contribution in [3.8, 4) is 0 Å². The molecule has 2 heteroatoms. The van der Waals surface area contributed by atoms with E-state index in [1.165, 1.54) is 25.7 Å². The molecule has 0 aliphatic carbocycles. The molecular weight excluding hydrogens is 200 g/mol. The molecule has 0 aromatic carbocycles. The van der Waals surface area contributed by atoms with Gasteiger partial charge < -0.3 is 23.9 Å². The largest absolute Gasteiger partial charge is 2.00 e. The average molecular weight is 219 g/mol. The van der Waals surface area contributed by atoms with E-state index < -0.39 is 0 Å². The molecule has 0 aliphatic rings. The van der Waals surface area contributed by atoms with Crippen LogP contribution in [0, 0.1) is 6.92 Å². The van der Waals surface area contributed by atoms with Gasteiger partial charge >= 0.3 is 23.1 Å². The van der Waals surface area contributed by atoms with Gasteiger partial charge in [-0.2, -0.15) is 6.92 Å². The zero-order valence-corrected chi connectivity index (χ0v) is 10.6. The van der Waals surface area contributed by atoms with E-state index in [0.29, 0.717) is 0 Å². The summed E-state index contributed by atoms with van der Waals surface area (Å²) in [7, 11) is 0. The quantitative estimate of drug-likeness (QED) is 0.357. The Kier molecular flexibility index (Phi) is 71.6. The Hall–Kier alpha value is 1.25. The molecule has 10 heavy (non-hydrogen) atoms. The van der Waals surface area contributed by atoms with Gasteiger partial charge in [-0.25, -0.2) is 0 Å². The number of unbranched alkanes of at least 4 members (excludes halogenated alkanes) is 3. The van der Waals surface area contributed by atoms with Gasteiger partial charge in [-0.1, -0.05) is 39.5 Å². The fraction of sp³-hybridized carbons (Fsp3) is 0.875. The smallest absolute Gasteiger partial charge is 1.00 e. The summed E-state index contributed by atoms with van der Waals surface area (Å²) >= 11 is 0. The minimum absolute atomic E-state index is 0. The van der Waals surface area contributed by atoms with Crippen LogP contribution in [-0.4, -0.2) is 23.1 Å². The minimum atomic E-state index is 0. The zero-order chi connectivity index (χ0) is 6.83. The monoisotopic (exact) mass is 218 g/mol. The molecule has 0 bridgehead atoms. The summed E-state index contributed by atoms with van der Waals surface area (Å²) in [5.74, 6) is 0. The standard InChI is InChI=1S/C6H14.C2H5.BrH.Mg/c1-3-5-6-4-2;1-2;;/h3-6H2,1-2H3;1H2,2H3;1H;/q;-1;;+2/p-1. The number of hydrogen-bond donors (Lipinski definition) is 0. The summed E-state index contributed by atoms with van der Waals surface area (Å²) in [6.45, 7) is 9.46. The first kappa shape index (κ1) is 22.5. The Labute approximate surface area is 93.1 Å². The summed E-state index contributed by atoms with van der Waals surface area (Å²) in [6.07, 6.45) is 5.54. The van der Waals surface area contributed by atoms with Crippen LogP contribution in [0.1, 0.15) is 46.5 Å². The zero-order valence-electron chi connectivity index (χ0n) is 7.62. The van der Waals surface area contributed by atoms with Crippen LogP contribution in [-0.2, 0) is 0 Å². The van der Waals surface area contributed by atoms with Gasteiger partial charge in [-0.05, 0) is 0 Å². The van der Waals surface area contributed by atoms with E-state index in [1.54, 1.807) is 6.92 Å². The summed E-state index contributed by atoms with van der Waals surface area (Å²) in [4.78, 5) is 0. The first-order valence-corrected chi connectivity index (χ1v) is 3.62. The van der Waals surface area contributed by atoms with Crippen molar-refractivity contribution in [1.29, 1.82) is 0 Å². The Balaban J connectivity index is -0.0000000412. The molecule has 0 unspecified atom stereocenters. The van der Waals surface area contributed by atoms with E-state index in [4.69, 9.17) is 0 Å². The molecule has 0 amide bonds. The molecule has 0 saturated heterocycles. The van der Waals surface area contributed by atoms with E-state index in [-0.39, 0.29) is 40.0 Å². The molecule has 0 aromatic heterocycles. The summed E-state index contributed by atoms with van der Waals surface area (Å²) < 4.78 is 0. The summed E-state index contributed by atoms with van der Waals surface area (Å²) in [5.41, 5.74) is 0. The van der Waals surface area contributed by atoms with Crippen molar-refractivity contribution in [2.45, 2.75) is 46.5 Å². The van der Waals surface area contributed by atoms with Gasteiger partial charge in [0.15, 0.2) is 0 Å². The molecule has 0 atom stereocenters. The molecule has 0 N–H and O–H groups in total. The molecule has 0 aliphatic heterocycles. The van der Waals surface area contributed by atoms with Crippen molar-refractivity contribution in [1.82, 2.24) is 0 Å². The SMILES string of the molecule is CCCCCC.[Br-].[CH2-]C.[Mg+2]. The van der Waals surface area contributed by atoms with Crippen molar-refractivity contribution < 1.29 is 17.0 Å². The second kappa shape index (κ2) is 31.8. The Morgan fingerprint density at radius 1 is 0.900 bits per heavy atom. The summed E-state index contributed by atoms with van der Waals surface area (Å²) in [6, 6.07) is 0. The Morgan fingerprint density at radius 3 is 1.20 bits per heavy atom. The molecular formula is C8H19BrMg. The maximum absolute atomic E-state index is 3.25. The van der Waals surface area contributed by atoms with Crippen LogP contribution >= 0.6 is 0 Å². The van der Waals surface area contributed by atoms with Crippen LogP contribution in [0.3, 0.4) is 0 Å². The van der Waals surface area contributed by atoms with Crippen molar-refractivity contribution >= 4 is 23.1 Å². The van der Waals surface area contributed by atoms with Gasteiger partial charge in [0.25, 0.3) is 0 Å². The molecule has 0 spiro atoms. The molecule has 0 saturated carbocycles. The van der Waals surface area contributed by atoms with Gasteiger partial charge in [0.1, 0.15) is 0 Å². The first-order valence-electron chi connectivity index (χ1n) is 3.62. The van der Waals surface area contributed by atoms with Crippen LogP contribution in [0.4, 0.5) is 0 Å². The van der Waals surface area contributed by atoms with E-state index in [9.17, 15) is 0 Å². The van der Waals surface area contributed by atoms with Gasteiger partial charge in [0, 0.05) is 0 Å². The van der Waals surface area contributed by atoms with Crippen LogP contribution in [0.15, 0.2) is 0 Å². The van der Waals surface area contributed by atoms with Gasteiger partial charge in [0.05, 0.1) is 0 Å². The molecule has 0 nitrogen and oxygen atoms in total. The van der Waals surface area contributed by atoms with Crippen molar-refractivity contribution in [2.24, 2.45) is 0 Å². The molecule has 0 radical (unpaired) electrons. The molecule has 60 valence electrons. The first-order chi connectivity index (χ1) is 3.91. The van der Waals surface area contributed by atoms with Crippen LogP contribution in [0.5, 0.6) is 0 Å². The van der Waals surface area contributed by atoms with Crippen molar-refractivity contribution in [3.63, 3.8) is 0 Å². The second-order valence-electron chi connectivity index (χ2n) is 1.71. The molecule has 0 fully saturated rings. The number of hydrogen-bond acceptors (Lipinski definition) is 0. The third kappa shape index (κ3) is 34.9. The molecule has 0 aromatic rings. The van der Waals surface area contributed by atoms with Crippen molar-refractivity contribution in [2.75, 3.05) is 0 Å². The third-order valence-electron chi connectivity index (χ3n) is 0.957. The Bertz CT molecular complexity index is 21.2. The van der Waals surface area contributed by atoms with E-state index in [1.807, 2.05) is 0 Å². The fourth-order valence-corrected chi connectivity index (χ4v) is 0.500. The normalized spacial score (nSPS) is 6.00. The van der Waals surface area contributed by atoms with Crippen LogP contribution in [0.2, 0.25) is 0 Å². The van der Waals surface area contributed by atoms with E-state index in [2.05, 4.69) is 20.8 Å². The number of rotatable bonds is 3. The van der Waals surface area contributed by atoms with Gasteiger partial charge in [0.2, 0.25) is 0 Å². The topological polar surface area (TPSA) is 0 Å². The predicted octanol–water partition coefficient (Wildman–Crippen LogP) is 0.0502. The fourth-order valence-electron chi connectivity index (χ4n) is 0.500. The predicted molar refractivity (Wildman–Crippen MR) is 46.6 cm³/mol. The van der Waals surface area contributed by atoms with Crippen molar-refractivity contribution in [3.05, 3.63) is 6.92 Å². The van der Waals surface area contributed by atoms with Crippen LogP contribution < -0.4 is 17.0 Å². The molecule has 0 rings (SSSR count). The minimum Gasteiger partial charge on any atom is -1.00 e. The third-order valence-corrected chi connectivity index (χ3v) is 0.957.